The van der Waals surface area contributed by atoms with E-state index in [1.54, 1.807) is 48.7 Å². The van der Waals surface area contributed by atoms with Crippen molar-refractivity contribution in [1.29, 1.82) is 0 Å². The molecule has 0 aliphatic heterocycles. The van der Waals surface area contributed by atoms with Gasteiger partial charge >= 0.3 is 5.69 Å². The van der Waals surface area contributed by atoms with Crippen LogP contribution >= 0.6 is 11.6 Å². The Kier molecular flexibility index (Phi) is 4.98. The Labute approximate surface area is 174 Å². The Morgan fingerprint density at radius 1 is 1.03 bits per heavy atom. The summed E-state index contributed by atoms with van der Waals surface area (Å²) in [6.07, 6.45) is 2.46. The maximum atomic E-state index is 12.7. The van der Waals surface area contributed by atoms with Crippen molar-refractivity contribution < 1.29 is 8.42 Å². The number of aromatic amines is 2. The summed E-state index contributed by atoms with van der Waals surface area (Å²) >= 11 is 5.90. The summed E-state index contributed by atoms with van der Waals surface area (Å²) in [6.45, 7) is 0. The van der Waals surface area contributed by atoms with Crippen LogP contribution in [0.25, 0.3) is 16.9 Å². The Morgan fingerprint density at radius 3 is 2.50 bits per heavy atom. The van der Waals surface area contributed by atoms with Crippen LogP contribution in [0.3, 0.4) is 0 Å². The van der Waals surface area contributed by atoms with Gasteiger partial charge in [0.25, 0.3) is 15.6 Å². The molecule has 12 heteroatoms. The van der Waals surface area contributed by atoms with Crippen molar-refractivity contribution in [2.75, 3.05) is 4.72 Å². The van der Waals surface area contributed by atoms with Crippen molar-refractivity contribution in [3.8, 4) is 16.9 Å². The first-order chi connectivity index (χ1) is 14.3. The Morgan fingerprint density at radius 2 is 1.77 bits per heavy atom. The molecule has 0 bridgehead atoms. The monoisotopic (exact) mass is 444 g/mol. The quantitative estimate of drug-likeness (QED) is 0.428. The number of halogens is 1. The molecular formula is C18H13ClN6O4S. The minimum Gasteiger partial charge on any atom is -0.313 e. The van der Waals surface area contributed by atoms with Gasteiger partial charge in [-0.1, -0.05) is 35.0 Å². The first-order valence-corrected chi connectivity index (χ1v) is 10.3. The second-order valence-corrected chi connectivity index (χ2v) is 8.20. The molecule has 0 saturated carbocycles. The Hall–Kier alpha value is -3.70. The third-order valence-electron chi connectivity index (χ3n) is 4.11. The second-order valence-electron chi connectivity index (χ2n) is 6.11. The normalized spacial score (nSPS) is 11.4. The number of aromatic nitrogens is 5. The lowest BCUT2D eigenvalue weighted by Gasteiger charge is -2.10. The minimum atomic E-state index is -4.27. The highest BCUT2D eigenvalue weighted by Gasteiger charge is 2.21. The van der Waals surface area contributed by atoms with Crippen LogP contribution < -0.4 is 16.0 Å². The number of H-pyrrole nitrogens is 2. The second kappa shape index (κ2) is 7.61. The van der Waals surface area contributed by atoms with E-state index in [4.69, 9.17) is 11.6 Å². The average Bonchev–Trinajstić information content (AvgIpc) is 3.18. The topological polar surface area (TPSA) is 143 Å². The summed E-state index contributed by atoms with van der Waals surface area (Å²) in [5.41, 5.74) is -0.0846. The summed E-state index contributed by atoms with van der Waals surface area (Å²) in [6, 6.07) is 13.5. The minimum absolute atomic E-state index is 0.186. The van der Waals surface area contributed by atoms with Gasteiger partial charge in [0.15, 0.2) is 4.90 Å². The van der Waals surface area contributed by atoms with E-state index in [1.165, 1.54) is 10.7 Å². The molecule has 2 aromatic carbocycles. The maximum Gasteiger partial charge on any atom is 0.325 e. The van der Waals surface area contributed by atoms with Crippen molar-refractivity contribution in [2.24, 2.45) is 0 Å². The van der Waals surface area contributed by atoms with Crippen molar-refractivity contribution in [1.82, 2.24) is 25.0 Å². The van der Waals surface area contributed by atoms with Gasteiger partial charge in [-0.2, -0.15) is 0 Å². The van der Waals surface area contributed by atoms with Gasteiger partial charge in [-0.15, -0.1) is 5.10 Å². The van der Waals surface area contributed by atoms with Crippen molar-refractivity contribution in [3.05, 3.63) is 86.8 Å². The molecule has 4 rings (SSSR count). The van der Waals surface area contributed by atoms with Gasteiger partial charge in [0.2, 0.25) is 0 Å². The first kappa shape index (κ1) is 19.6. The lowest BCUT2D eigenvalue weighted by atomic mass is 10.1. The van der Waals surface area contributed by atoms with Crippen LogP contribution in [0.15, 0.2) is 75.4 Å². The highest BCUT2D eigenvalue weighted by molar-refractivity contribution is 7.92. The number of benzene rings is 2. The first-order valence-electron chi connectivity index (χ1n) is 8.46. The van der Waals surface area contributed by atoms with E-state index >= 15 is 0 Å². The molecule has 3 N–H and O–H groups in total. The van der Waals surface area contributed by atoms with E-state index in [1.807, 2.05) is 4.98 Å². The largest absolute Gasteiger partial charge is 0.325 e. The van der Waals surface area contributed by atoms with Gasteiger partial charge in [-0.3, -0.25) is 14.5 Å². The van der Waals surface area contributed by atoms with Crippen molar-refractivity contribution >= 4 is 27.3 Å². The number of sulfonamides is 1. The number of nitrogens with zero attached hydrogens (tertiary/aromatic N) is 3. The van der Waals surface area contributed by atoms with Gasteiger partial charge < -0.3 is 4.98 Å². The molecule has 0 fully saturated rings. The number of rotatable bonds is 5. The highest BCUT2D eigenvalue weighted by atomic mass is 35.5. The molecule has 2 heterocycles. The molecule has 0 atom stereocenters. The molecule has 0 aliphatic carbocycles. The number of nitrogens with one attached hydrogen (secondary N) is 3. The Bertz CT molecular complexity index is 1440. The van der Waals surface area contributed by atoms with Crippen LogP contribution in [0, 0.1) is 0 Å². The molecule has 0 radical (unpaired) electrons. The third-order valence-corrected chi connectivity index (χ3v) is 5.73. The average molecular weight is 445 g/mol. The third kappa shape index (κ3) is 3.88. The number of anilines is 1. The van der Waals surface area contributed by atoms with Gasteiger partial charge in [0.1, 0.15) is 5.69 Å². The predicted molar refractivity (Wildman–Crippen MR) is 110 cm³/mol. The Balaban J connectivity index is 1.71. The molecule has 0 aliphatic rings. The highest BCUT2D eigenvalue weighted by Crippen LogP contribution is 2.28. The number of para-hydroxylation sites is 1. The van der Waals surface area contributed by atoms with Gasteiger partial charge in [-0.05, 0) is 30.3 Å². The summed E-state index contributed by atoms with van der Waals surface area (Å²) in [5.74, 6) is 0. The van der Waals surface area contributed by atoms with Gasteiger partial charge in [0.05, 0.1) is 17.6 Å². The standard InChI is InChI=1S/C18H13ClN6O4S/c19-11-5-7-12(8-6-11)25-10-15(22-24-25)13-3-1-2-4-14(13)23-30(28,29)16-9-20-18(27)21-17(16)26/h1-10,23H,(H2,20,21,26,27). The van der Waals surface area contributed by atoms with E-state index in [9.17, 15) is 18.0 Å². The fourth-order valence-electron chi connectivity index (χ4n) is 2.70. The molecule has 0 unspecified atom stereocenters. The molecule has 4 aromatic rings. The summed E-state index contributed by atoms with van der Waals surface area (Å²) in [5, 5.41) is 8.75. The van der Waals surface area contributed by atoms with E-state index < -0.39 is 26.2 Å². The fraction of sp³-hybridized carbons (Fsp3) is 0. The number of hydrogen-bond acceptors (Lipinski definition) is 6. The van der Waals surface area contributed by atoms with Crippen LogP contribution in [0.1, 0.15) is 0 Å². The van der Waals surface area contributed by atoms with Crippen LogP contribution in [-0.2, 0) is 10.0 Å². The van der Waals surface area contributed by atoms with Crippen LogP contribution in [0.2, 0.25) is 5.02 Å². The van der Waals surface area contributed by atoms with E-state index in [2.05, 4.69) is 20.0 Å². The summed E-state index contributed by atoms with van der Waals surface area (Å²) < 4.78 is 29.2. The lowest BCUT2D eigenvalue weighted by Crippen LogP contribution is -2.29. The van der Waals surface area contributed by atoms with Crippen molar-refractivity contribution in [3.63, 3.8) is 0 Å². The maximum absolute atomic E-state index is 12.7. The molecule has 10 nitrogen and oxygen atoms in total. The van der Waals surface area contributed by atoms with Crippen LogP contribution in [0.5, 0.6) is 0 Å². The zero-order valence-electron chi connectivity index (χ0n) is 15.0. The van der Waals surface area contributed by atoms with E-state index in [-0.39, 0.29) is 5.69 Å². The zero-order chi connectivity index (χ0) is 21.3. The SMILES string of the molecule is O=c1[nH]cc(S(=O)(=O)Nc2ccccc2-c2cn(-c3ccc(Cl)cc3)nn2)c(=O)[nH]1. The summed E-state index contributed by atoms with van der Waals surface area (Å²) in [4.78, 5) is 26.4. The molecule has 0 spiro atoms. The van der Waals surface area contributed by atoms with Crippen LogP contribution in [-0.4, -0.2) is 33.4 Å². The van der Waals surface area contributed by atoms with Crippen molar-refractivity contribution in [2.45, 2.75) is 4.90 Å². The molecule has 2 aromatic heterocycles. The predicted octanol–water partition coefficient (Wildman–Crippen LogP) is 1.77. The number of hydrogen-bond donors (Lipinski definition) is 3. The lowest BCUT2D eigenvalue weighted by molar-refractivity contribution is 0.599. The van der Waals surface area contributed by atoms with Crippen LogP contribution in [0.4, 0.5) is 5.69 Å². The van der Waals surface area contributed by atoms with Gasteiger partial charge in [-0.25, -0.2) is 17.9 Å². The molecule has 0 saturated heterocycles. The molecule has 0 amide bonds. The van der Waals surface area contributed by atoms with E-state index in [0.717, 1.165) is 11.9 Å². The zero-order valence-corrected chi connectivity index (χ0v) is 16.6. The molecule has 152 valence electrons. The molecular weight excluding hydrogens is 432 g/mol. The fourth-order valence-corrected chi connectivity index (χ4v) is 3.91. The summed E-state index contributed by atoms with van der Waals surface area (Å²) in [7, 11) is -4.27. The molecule has 30 heavy (non-hydrogen) atoms. The van der Waals surface area contributed by atoms with E-state index in [0.29, 0.717) is 16.3 Å². The smallest absolute Gasteiger partial charge is 0.313 e. The van der Waals surface area contributed by atoms with Gasteiger partial charge in [0, 0.05) is 16.8 Å².